The molecule has 0 heterocycles. The standard InChI is InChI=1S/C13H17NO2/c1-3-13(16)12(14-10(2)15)9-11-7-5-4-6-8-11/h4-8,12H,3,9H2,1-2H3,(H,14,15). The molecule has 86 valence electrons. The smallest absolute Gasteiger partial charge is 0.217 e. The van der Waals surface area contributed by atoms with E-state index in [-0.39, 0.29) is 11.7 Å². The van der Waals surface area contributed by atoms with Gasteiger partial charge in [0.25, 0.3) is 0 Å². The van der Waals surface area contributed by atoms with Crippen LogP contribution in [0, 0.1) is 0 Å². The molecule has 0 radical (unpaired) electrons. The van der Waals surface area contributed by atoms with Crippen LogP contribution in [0.1, 0.15) is 25.8 Å². The Labute approximate surface area is 95.9 Å². The van der Waals surface area contributed by atoms with E-state index in [1.807, 2.05) is 37.3 Å². The topological polar surface area (TPSA) is 46.2 Å². The van der Waals surface area contributed by atoms with Gasteiger partial charge >= 0.3 is 0 Å². The van der Waals surface area contributed by atoms with Crippen LogP contribution >= 0.6 is 0 Å². The number of hydrogen-bond acceptors (Lipinski definition) is 2. The lowest BCUT2D eigenvalue weighted by atomic mass is 10.0. The van der Waals surface area contributed by atoms with Crippen molar-refractivity contribution in [2.24, 2.45) is 0 Å². The first-order valence-electron chi connectivity index (χ1n) is 5.47. The van der Waals surface area contributed by atoms with E-state index in [9.17, 15) is 9.59 Å². The van der Waals surface area contributed by atoms with Crippen molar-refractivity contribution in [1.29, 1.82) is 0 Å². The van der Waals surface area contributed by atoms with Crippen LogP contribution in [0.15, 0.2) is 30.3 Å². The van der Waals surface area contributed by atoms with Crippen molar-refractivity contribution in [2.45, 2.75) is 32.7 Å². The quantitative estimate of drug-likeness (QED) is 0.819. The molecule has 16 heavy (non-hydrogen) atoms. The Bertz CT molecular complexity index is 359. The molecule has 1 aromatic carbocycles. The molecule has 1 N–H and O–H groups in total. The monoisotopic (exact) mass is 219 g/mol. The minimum absolute atomic E-state index is 0.0686. The van der Waals surface area contributed by atoms with Gasteiger partial charge in [-0.25, -0.2) is 0 Å². The van der Waals surface area contributed by atoms with E-state index in [0.717, 1.165) is 5.56 Å². The van der Waals surface area contributed by atoms with Gasteiger partial charge in [-0.3, -0.25) is 9.59 Å². The summed E-state index contributed by atoms with van der Waals surface area (Å²) < 4.78 is 0. The molecule has 0 aromatic heterocycles. The summed E-state index contributed by atoms with van der Waals surface area (Å²) in [6.07, 6.45) is 1.00. The van der Waals surface area contributed by atoms with Crippen LogP contribution in [0.5, 0.6) is 0 Å². The predicted molar refractivity (Wildman–Crippen MR) is 63.0 cm³/mol. The summed E-state index contributed by atoms with van der Waals surface area (Å²) in [5, 5.41) is 2.69. The van der Waals surface area contributed by atoms with Crippen LogP contribution in [0.2, 0.25) is 0 Å². The van der Waals surface area contributed by atoms with Crippen molar-refractivity contribution in [3.05, 3.63) is 35.9 Å². The van der Waals surface area contributed by atoms with Crippen LogP contribution < -0.4 is 5.32 Å². The largest absolute Gasteiger partial charge is 0.346 e. The molecule has 0 aliphatic rings. The van der Waals surface area contributed by atoms with E-state index in [0.29, 0.717) is 12.8 Å². The first-order chi connectivity index (χ1) is 7.63. The van der Waals surface area contributed by atoms with Crippen LogP contribution in [0.4, 0.5) is 0 Å². The number of amides is 1. The van der Waals surface area contributed by atoms with Gasteiger partial charge in [-0.2, -0.15) is 0 Å². The second-order valence-corrected chi connectivity index (χ2v) is 3.76. The van der Waals surface area contributed by atoms with Gasteiger partial charge < -0.3 is 5.32 Å². The Kier molecular flexibility index (Phi) is 4.70. The SMILES string of the molecule is CCC(=O)C(Cc1ccccc1)NC(C)=O. The average Bonchev–Trinajstić information content (AvgIpc) is 2.28. The Balaban J connectivity index is 2.70. The third-order valence-corrected chi connectivity index (χ3v) is 2.40. The van der Waals surface area contributed by atoms with E-state index in [2.05, 4.69) is 5.32 Å². The summed E-state index contributed by atoms with van der Waals surface area (Å²) >= 11 is 0. The van der Waals surface area contributed by atoms with Crippen LogP contribution in [-0.2, 0) is 16.0 Å². The van der Waals surface area contributed by atoms with Gasteiger partial charge in [0.05, 0.1) is 6.04 Å². The number of Topliss-reactive ketones (excluding diaryl/α,β-unsaturated/α-hetero) is 1. The number of benzene rings is 1. The first-order valence-corrected chi connectivity index (χ1v) is 5.47. The highest BCUT2D eigenvalue weighted by Crippen LogP contribution is 2.05. The first kappa shape index (κ1) is 12.4. The third kappa shape index (κ3) is 3.85. The molecule has 1 aromatic rings. The lowest BCUT2D eigenvalue weighted by Gasteiger charge is -2.15. The van der Waals surface area contributed by atoms with Crippen molar-refractivity contribution < 1.29 is 9.59 Å². The molecule has 1 unspecified atom stereocenters. The zero-order chi connectivity index (χ0) is 12.0. The summed E-state index contributed by atoms with van der Waals surface area (Å²) in [5.41, 5.74) is 1.06. The van der Waals surface area contributed by atoms with Gasteiger partial charge in [-0.1, -0.05) is 37.3 Å². The molecule has 0 aliphatic heterocycles. The molecule has 0 bridgehead atoms. The molecule has 1 rings (SSSR count). The van der Waals surface area contributed by atoms with E-state index in [4.69, 9.17) is 0 Å². The molecule has 1 amide bonds. The zero-order valence-corrected chi connectivity index (χ0v) is 9.69. The molecule has 0 fully saturated rings. The normalized spacial score (nSPS) is 11.9. The van der Waals surface area contributed by atoms with E-state index in [1.165, 1.54) is 6.92 Å². The minimum Gasteiger partial charge on any atom is -0.346 e. The number of ketones is 1. The Morgan fingerprint density at radius 1 is 1.25 bits per heavy atom. The summed E-state index contributed by atoms with van der Waals surface area (Å²) in [4.78, 5) is 22.6. The average molecular weight is 219 g/mol. The molecule has 0 saturated carbocycles. The maximum atomic E-state index is 11.6. The lowest BCUT2D eigenvalue weighted by Crippen LogP contribution is -2.41. The van der Waals surface area contributed by atoms with E-state index in [1.54, 1.807) is 0 Å². The summed E-state index contributed by atoms with van der Waals surface area (Å²) in [6, 6.07) is 9.30. The van der Waals surface area contributed by atoms with Crippen LogP contribution in [0.25, 0.3) is 0 Å². The minimum atomic E-state index is -0.398. The van der Waals surface area contributed by atoms with Gasteiger partial charge in [-0.05, 0) is 12.0 Å². The van der Waals surface area contributed by atoms with Crippen molar-refractivity contribution in [2.75, 3.05) is 0 Å². The van der Waals surface area contributed by atoms with Crippen molar-refractivity contribution in [3.63, 3.8) is 0 Å². The number of nitrogens with one attached hydrogen (secondary N) is 1. The summed E-state index contributed by atoms with van der Waals surface area (Å²) in [7, 11) is 0. The maximum Gasteiger partial charge on any atom is 0.217 e. The molecule has 0 aliphatic carbocycles. The molecular formula is C13H17NO2. The second-order valence-electron chi connectivity index (χ2n) is 3.76. The highest BCUT2D eigenvalue weighted by Gasteiger charge is 2.17. The fourth-order valence-electron chi connectivity index (χ4n) is 1.59. The molecule has 0 saturated heterocycles. The molecule has 3 heteroatoms. The lowest BCUT2D eigenvalue weighted by molar-refractivity contribution is -0.126. The second kappa shape index (κ2) is 6.05. The third-order valence-electron chi connectivity index (χ3n) is 2.40. The van der Waals surface area contributed by atoms with Crippen LogP contribution in [0.3, 0.4) is 0 Å². The van der Waals surface area contributed by atoms with E-state index < -0.39 is 6.04 Å². The van der Waals surface area contributed by atoms with E-state index >= 15 is 0 Å². The Hall–Kier alpha value is -1.64. The Morgan fingerprint density at radius 3 is 2.38 bits per heavy atom. The predicted octanol–water partition coefficient (Wildman–Crippen LogP) is 1.71. The highest BCUT2D eigenvalue weighted by atomic mass is 16.2. The molecule has 0 spiro atoms. The fourth-order valence-corrected chi connectivity index (χ4v) is 1.59. The number of hydrogen-bond donors (Lipinski definition) is 1. The molecular weight excluding hydrogens is 202 g/mol. The van der Waals surface area contributed by atoms with Gasteiger partial charge in [0.2, 0.25) is 5.91 Å². The number of carbonyl (C=O) groups is 2. The van der Waals surface area contributed by atoms with Gasteiger partial charge in [0.15, 0.2) is 5.78 Å². The Morgan fingerprint density at radius 2 is 1.88 bits per heavy atom. The summed E-state index contributed by atoms with van der Waals surface area (Å²) in [6.45, 7) is 3.24. The zero-order valence-electron chi connectivity index (χ0n) is 9.69. The van der Waals surface area contributed by atoms with Gasteiger partial charge in [0, 0.05) is 13.3 Å². The number of carbonyl (C=O) groups excluding carboxylic acids is 2. The fraction of sp³-hybridized carbons (Fsp3) is 0.385. The van der Waals surface area contributed by atoms with Gasteiger partial charge in [0.1, 0.15) is 0 Å². The van der Waals surface area contributed by atoms with Crippen molar-refractivity contribution in [3.8, 4) is 0 Å². The number of rotatable bonds is 5. The van der Waals surface area contributed by atoms with Crippen LogP contribution in [-0.4, -0.2) is 17.7 Å². The maximum absolute atomic E-state index is 11.6. The van der Waals surface area contributed by atoms with Crippen molar-refractivity contribution >= 4 is 11.7 Å². The molecule has 1 atom stereocenters. The molecule has 3 nitrogen and oxygen atoms in total. The highest BCUT2D eigenvalue weighted by molar-refractivity contribution is 5.88. The van der Waals surface area contributed by atoms with Gasteiger partial charge in [-0.15, -0.1) is 0 Å². The van der Waals surface area contributed by atoms with Crippen molar-refractivity contribution in [1.82, 2.24) is 5.32 Å². The summed E-state index contributed by atoms with van der Waals surface area (Å²) in [5.74, 6) is -0.0956.